The van der Waals surface area contributed by atoms with Gasteiger partial charge in [0.2, 0.25) is 5.92 Å². The number of aliphatic carboxylic acids is 1. The fraction of sp³-hybridized carbons (Fsp3) is 0.500. The molecule has 2 atom stereocenters. The molecule has 15 heteroatoms. The minimum Gasteiger partial charge on any atom is -0.481 e. The van der Waals surface area contributed by atoms with E-state index in [-0.39, 0.29) is 35.6 Å². The van der Waals surface area contributed by atoms with Crippen LogP contribution in [0.3, 0.4) is 0 Å². The maximum Gasteiger partial charge on any atom is 0.390 e. The van der Waals surface area contributed by atoms with Gasteiger partial charge in [0.15, 0.2) is 11.5 Å². The lowest BCUT2D eigenvalue weighted by atomic mass is 9.81. The second-order valence-electron chi connectivity index (χ2n) is 9.04. The van der Waals surface area contributed by atoms with E-state index in [1.165, 1.54) is 13.0 Å². The summed E-state index contributed by atoms with van der Waals surface area (Å²) in [6.45, 7) is 1.46. The van der Waals surface area contributed by atoms with Gasteiger partial charge in [0, 0.05) is 18.4 Å². The number of carboxylic acid groups (broad SMARTS) is 1. The fourth-order valence-corrected chi connectivity index (χ4v) is 4.51. The maximum absolute atomic E-state index is 15.3. The third-order valence-electron chi connectivity index (χ3n) is 6.43. The van der Waals surface area contributed by atoms with E-state index >= 15 is 4.39 Å². The van der Waals surface area contributed by atoms with Crippen LogP contribution < -0.4 is 5.32 Å². The third kappa shape index (κ3) is 5.69. The Kier molecular flexibility index (Phi) is 6.90. The summed E-state index contributed by atoms with van der Waals surface area (Å²) < 4.78 is 86.1. The van der Waals surface area contributed by atoms with Crippen LogP contribution in [0, 0.1) is 18.7 Å². The van der Waals surface area contributed by atoms with E-state index in [0.29, 0.717) is 0 Å². The summed E-state index contributed by atoms with van der Waals surface area (Å²) in [6, 6.07) is 1.07. The highest BCUT2D eigenvalue weighted by Gasteiger charge is 2.41. The molecule has 0 spiro atoms. The molecule has 0 radical (unpaired) electrons. The molecule has 2 unspecified atom stereocenters. The molecule has 1 fully saturated rings. The summed E-state index contributed by atoms with van der Waals surface area (Å²) in [7, 11) is 0. The first-order valence-electron chi connectivity index (χ1n) is 11.2. The number of hydrogen-bond acceptors (Lipinski definition) is 6. The molecule has 2 aromatic heterocycles. The number of aromatic nitrogens is 4. The van der Waals surface area contributed by atoms with Crippen molar-refractivity contribution in [1.82, 2.24) is 25.6 Å². The van der Waals surface area contributed by atoms with Gasteiger partial charge in [-0.15, -0.1) is 0 Å². The Morgan fingerprint density at radius 1 is 1.24 bits per heavy atom. The molecule has 3 N–H and O–H groups in total. The first kappa shape index (κ1) is 26.4. The Hall–Kier alpha value is -3.65. The number of aryl methyl sites for hydroxylation is 1. The van der Waals surface area contributed by atoms with E-state index in [4.69, 9.17) is 0 Å². The second kappa shape index (κ2) is 9.67. The van der Waals surface area contributed by atoms with Crippen LogP contribution in [0.2, 0.25) is 0 Å². The molecule has 0 saturated heterocycles. The number of benzene rings is 1. The number of aromatic amines is 1. The van der Waals surface area contributed by atoms with E-state index < -0.39 is 78.0 Å². The van der Waals surface area contributed by atoms with Gasteiger partial charge >= 0.3 is 12.1 Å². The number of carboxylic acids is 1. The summed E-state index contributed by atoms with van der Waals surface area (Å²) in [5.74, 6) is -9.56. The molecule has 1 aliphatic carbocycles. The summed E-state index contributed by atoms with van der Waals surface area (Å²) in [6.07, 6.45) is -7.58. The van der Waals surface area contributed by atoms with Gasteiger partial charge in [0.05, 0.1) is 23.9 Å². The Labute approximate surface area is 204 Å². The van der Waals surface area contributed by atoms with Crippen molar-refractivity contribution in [2.45, 2.75) is 63.1 Å². The molecule has 37 heavy (non-hydrogen) atoms. The maximum atomic E-state index is 15.3. The first-order valence-corrected chi connectivity index (χ1v) is 11.2. The topological polar surface area (TPSA) is 134 Å². The zero-order chi connectivity index (χ0) is 27.1. The van der Waals surface area contributed by atoms with Gasteiger partial charge < -0.3 is 15.4 Å². The van der Waals surface area contributed by atoms with Crippen molar-refractivity contribution >= 4 is 22.9 Å². The number of imidazole rings is 1. The molecule has 0 aliphatic heterocycles. The largest absolute Gasteiger partial charge is 0.481 e. The van der Waals surface area contributed by atoms with Crippen LogP contribution in [0.15, 0.2) is 16.8 Å². The molecular formula is C22H21F6N5O4. The van der Waals surface area contributed by atoms with Crippen molar-refractivity contribution in [2.75, 3.05) is 0 Å². The average molecular weight is 533 g/mol. The number of hydrogen-bond donors (Lipinski definition) is 3. The van der Waals surface area contributed by atoms with E-state index in [2.05, 4.69) is 30.2 Å². The van der Waals surface area contributed by atoms with Crippen LogP contribution in [0.4, 0.5) is 26.3 Å². The summed E-state index contributed by atoms with van der Waals surface area (Å²) >= 11 is 0. The fourth-order valence-electron chi connectivity index (χ4n) is 4.51. The highest BCUT2D eigenvalue weighted by atomic mass is 19.4. The quantitative estimate of drug-likeness (QED) is 0.371. The van der Waals surface area contributed by atoms with Crippen LogP contribution in [-0.4, -0.2) is 49.4 Å². The number of nitrogens with zero attached hydrogens (tertiary/aromatic N) is 3. The summed E-state index contributed by atoms with van der Waals surface area (Å²) in [5.41, 5.74) is -1.13. The smallest absolute Gasteiger partial charge is 0.390 e. The Morgan fingerprint density at radius 2 is 1.92 bits per heavy atom. The minimum absolute atomic E-state index is 0.00849. The van der Waals surface area contributed by atoms with Gasteiger partial charge in [-0.05, 0) is 36.9 Å². The monoisotopic (exact) mass is 533 g/mol. The molecule has 0 bridgehead atoms. The number of alkyl halides is 5. The lowest BCUT2D eigenvalue weighted by molar-refractivity contribution is -0.157. The van der Waals surface area contributed by atoms with E-state index in [1.54, 1.807) is 0 Å². The summed E-state index contributed by atoms with van der Waals surface area (Å²) in [4.78, 5) is 31.2. The number of carbonyl (C=O) groups excluding carboxylic acids is 1. The molecule has 9 nitrogen and oxygen atoms in total. The zero-order valence-electron chi connectivity index (χ0n) is 19.2. The van der Waals surface area contributed by atoms with E-state index in [0.717, 1.165) is 6.07 Å². The van der Waals surface area contributed by atoms with Gasteiger partial charge in [-0.25, -0.2) is 22.8 Å². The lowest BCUT2D eigenvalue weighted by Gasteiger charge is -2.33. The van der Waals surface area contributed by atoms with Crippen molar-refractivity contribution in [3.8, 4) is 0 Å². The van der Waals surface area contributed by atoms with Crippen LogP contribution >= 0.6 is 0 Å². The number of fused-ring (bicyclic) bond motifs is 1. The van der Waals surface area contributed by atoms with Crippen molar-refractivity contribution < 1.29 is 45.7 Å². The summed E-state index contributed by atoms with van der Waals surface area (Å²) in [5, 5.41) is 18.9. The average Bonchev–Trinajstić information content (AvgIpc) is 3.42. The van der Waals surface area contributed by atoms with Crippen molar-refractivity contribution in [2.24, 2.45) is 5.92 Å². The molecular weight excluding hydrogens is 512 g/mol. The second-order valence-corrected chi connectivity index (χ2v) is 9.04. The highest BCUT2D eigenvalue weighted by molar-refractivity contribution is 5.93. The van der Waals surface area contributed by atoms with Gasteiger partial charge in [-0.3, -0.25) is 9.59 Å². The van der Waals surface area contributed by atoms with Gasteiger partial charge in [-0.1, -0.05) is 11.2 Å². The number of carbonyl (C=O) groups is 2. The standard InChI is InChI=1S/C22H21F6N5O4/c1-9-15(33-37-32-9)19(34)31-16(10-4-6-21(24,25)7-5-10)18-29-13-3-2-11(14(23)17(13)30-18)12(20(35)36)8-22(26,27)28/h2-3,10,12,16H,4-8H2,1H3,(H,29,30)(H,31,34)(H,35,36). The normalized spacial score (nSPS) is 18.0. The van der Waals surface area contributed by atoms with E-state index in [1.807, 2.05) is 0 Å². The lowest BCUT2D eigenvalue weighted by Crippen LogP contribution is -2.38. The Balaban J connectivity index is 1.72. The first-order chi connectivity index (χ1) is 17.3. The van der Waals surface area contributed by atoms with Gasteiger partial charge in [0.25, 0.3) is 5.91 Å². The van der Waals surface area contributed by atoms with Gasteiger partial charge in [0.1, 0.15) is 17.0 Å². The van der Waals surface area contributed by atoms with Gasteiger partial charge in [-0.2, -0.15) is 13.2 Å². The molecule has 200 valence electrons. The molecule has 2 heterocycles. The highest BCUT2D eigenvalue weighted by Crippen LogP contribution is 2.42. The zero-order valence-corrected chi connectivity index (χ0v) is 19.2. The molecule has 4 rings (SSSR count). The molecule has 1 aromatic carbocycles. The number of rotatable bonds is 7. The Bertz CT molecular complexity index is 1310. The molecule has 1 saturated carbocycles. The van der Waals surface area contributed by atoms with Crippen molar-refractivity contribution in [3.63, 3.8) is 0 Å². The van der Waals surface area contributed by atoms with Crippen LogP contribution in [0.25, 0.3) is 11.0 Å². The van der Waals surface area contributed by atoms with Crippen LogP contribution in [0.1, 0.15) is 71.6 Å². The predicted octanol–water partition coefficient (Wildman–Crippen LogP) is 4.81. The molecule has 3 aromatic rings. The minimum atomic E-state index is -4.87. The predicted molar refractivity (Wildman–Crippen MR) is 113 cm³/mol. The van der Waals surface area contributed by atoms with Crippen LogP contribution in [0.5, 0.6) is 0 Å². The number of H-pyrrole nitrogens is 1. The number of amides is 1. The van der Waals surface area contributed by atoms with E-state index in [9.17, 15) is 36.6 Å². The van der Waals surface area contributed by atoms with Crippen molar-refractivity contribution in [3.05, 3.63) is 40.7 Å². The molecule has 1 aliphatic rings. The van der Waals surface area contributed by atoms with Crippen molar-refractivity contribution in [1.29, 1.82) is 0 Å². The SMILES string of the molecule is Cc1nonc1C(=O)NC(c1nc2c(F)c(C(CC(F)(F)F)C(=O)O)ccc2[nH]1)C1CCC(F)(F)CC1. The third-order valence-corrected chi connectivity index (χ3v) is 6.43. The number of nitrogens with one attached hydrogen (secondary N) is 2. The number of halogens is 6. The molecule has 1 amide bonds. The Morgan fingerprint density at radius 3 is 2.49 bits per heavy atom. The van der Waals surface area contributed by atoms with Crippen LogP contribution in [-0.2, 0) is 4.79 Å².